The summed E-state index contributed by atoms with van der Waals surface area (Å²) in [5.41, 5.74) is 0.834. The molecule has 0 radical (unpaired) electrons. The molecule has 0 bridgehead atoms. The predicted molar refractivity (Wildman–Crippen MR) is 56.3 cm³/mol. The van der Waals surface area contributed by atoms with Gasteiger partial charge in [0.25, 0.3) is 0 Å². The highest BCUT2D eigenvalue weighted by Crippen LogP contribution is 2.39. The highest BCUT2D eigenvalue weighted by atomic mass is 16.5. The molecule has 1 aromatic rings. The van der Waals surface area contributed by atoms with Crippen molar-refractivity contribution in [1.82, 2.24) is 9.78 Å². The van der Waals surface area contributed by atoms with Crippen molar-refractivity contribution in [3.63, 3.8) is 0 Å². The second kappa shape index (κ2) is 4.33. The van der Waals surface area contributed by atoms with E-state index in [-0.39, 0.29) is 6.10 Å². The van der Waals surface area contributed by atoms with Gasteiger partial charge in [-0.25, -0.2) is 0 Å². The number of aryl methyl sites for hydroxylation is 1. The summed E-state index contributed by atoms with van der Waals surface area (Å²) in [5.74, 6) is 0.523. The predicted octanol–water partition coefficient (Wildman–Crippen LogP) is 1.27. The van der Waals surface area contributed by atoms with Crippen LogP contribution in [0.3, 0.4) is 0 Å². The molecule has 4 nitrogen and oxygen atoms in total. The Labute approximate surface area is 89.9 Å². The monoisotopic (exact) mass is 210 g/mol. The van der Waals surface area contributed by atoms with Crippen LogP contribution in [0.2, 0.25) is 0 Å². The van der Waals surface area contributed by atoms with E-state index in [2.05, 4.69) is 5.10 Å². The summed E-state index contributed by atoms with van der Waals surface area (Å²) in [6, 6.07) is 1.85. The third-order valence-electron chi connectivity index (χ3n) is 2.92. The molecule has 0 aromatic carbocycles. The molecule has 0 amide bonds. The van der Waals surface area contributed by atoms with Crippen molar-refractivity contribution in [3.05, 3.63) is 18.0 Å². The fourth-order valence-corrected chi connectivity index (χ4v) is 1.94. The van der Waals surface area contributed by atoms with Crippen LogP contribution in [0.5, 0.6) is 0 Å². The van der Waals surface area contributed by atoms with Gasteiger partial charge < -0.3 is 9.84 Å². The maximum absolute atomic E-state index is 10.2. The Morgan fingerprint density at radius 3 is 2.87 bits per heavy atom. The van der Waals surface area contributed by atoms with Crippen molar-refractivity contribution in [2.75, 3.05) is 6.61 Å². The van der Waals surface area contributed by atoms with Crippen LogP contribution in [0.1, 0.15) is 31.6 Å². The molecular weight excluding hydrogens is 192 g/mol. The van der Waals surface area contributed by atoms with E-state index in [4.69, 9.17) is 4.74 Å². The lowest BCUT2D eigenvalue weighted by Gasteiger charge is -2.22. The average Bonchev–Trinajstić information content (AvgIpc) is 2.97. The zero-order valence-electron chi connectivity index (χ0n) is 9.26. The van der Waals surface area contributed by atoms with Crippen molar-refractivity contribution < 1.29 is 9.84 Å². The van der Waals surface area contributed by atoms with Crippen LogP contribution in [-0.2, 0) is 11.8 Å². The van der Waals surface area contributed by atoms with Crippen LogP contribution in [0.4, 0.5) is 0 Å². The maximum Gasteiger partial charge on any atom is 0.122 e. The first-order valence-corrected chi connectivity index (χ1v) is 5.51. The lowest BCUT2D eigenvalue weighted by Crippen LogP contribution is -2.26. The molecule has 0 aliphatic heterocycles. The molecule has 2 rings (SSSR count). The van der Waals surface area contributed by atoms with E-state index >= 15 is 0 Å². The van der Waals surface area contributed by atoms with Gasteiger partial charge in [-0.2, -0.15) is 5.10 Å². The summed E-state index contributed by atoms with van der Waals surface area (Å²) in [7, 11) is 1.84. The smallest absolute Gasteiger partial charge is 0.122 e. The Kier molecular flexibility index (Phi) is 3.07. The first-order valence-electron chi connectivity index (χ1n) is 5.51. The summed E-state index contributed by atoms with van der Waals surface area (Å²) < 4.78 is 7.32. The SMILES string of the molecule is CCOC(C1CC1)C(O)c1ccnn1C. The van der Waals surface area contributed by atoms with Gasteiger partial charge in [-0.1, -0.05) is 0 Å². The van der Waals surface area contributed by atoms with Crippen LogP contribution in [0.25, 0.3) is 0 Å². The second-order valence-electron chi connectivity index (χ2n) is 4.08. The third kappa shape index (κ3) is 2.21. The van der Waals surface area contributed by atoms with Gasteiger partial charge in [0.2, 0.25) is 0 Å². The van der Waals surface area contributed by atoms with Crippen molar-refractivity contribution in [2.24, 2.45) is 13.0 Å². The number of hydrogen-bond donors (Lipinski definition) is 1. The fraction of sp³-hybridized carbons (Fsp3) is 0.727. The Morgan fingerprint density at radius 1 is 1.67 bits per heavy atom. The van der Waals surface area contributed by atoms with Crippen LogP contribution in [0, 0.1) is 5.92 Å². The first kappa shape index (κ1) is 10.6. The third-order valence-corrected chi connectivity index (χ3v) is 2.92. The summed E-state index contributed by atoms with van der Waals surface area (Å²) in [6.45, 7) is 2.61. The number of aliphatic hydroxyl groups is 1. The summed E-state index contributed by atoms with van der Waals surface area (Å²) in [6.07, 6.45) is 3.42. The molecule has 0 saturated heterocycles. The molecule has 1 saturated carbocycles. The molecule has 1 N–H and O–H groups in total. The molecule has 2 unspecified atom stereocenters. The van der Waals surface area contributed by atoms with Crippen molar-refractivity contribution in [2.45, 2.75) is 32.0 Å². The maximum atomic E-state index is 10.2. The minimum Gasteiger partial charge on any atom is -0.384 e. The van der Waals surface area contributed by atoms with E-state index in [1.54, 1.807) is 10.9 Å². The van der Waals surface area contributed by atoms with Gasteiger partial charge in [0.1, 0.15) is 6.10 Å². The van der Waals surface area contributed by atoms with E-state index in [0.717, 1.165) is 5.69 Å². The minimum atomic E-state index is -0.551. The van der Waals surface area contributed by atoms with Crippen molar-refractivity contribution in [1.29, 1.82) is 0 Å². The molecule has 1 aliphatic rings. The Morgan fingerprint density at radius 2 is 2.40 bits per heavy atom. The Bertz CT molecular complexity index is 320. The number of nitrogens with zero attached hydrogens (tertiary/aromatic N) is 2. The van der Waals surface area contributed by atoms with Crippen LogP contribution in [-0.4, -0.2) is 27.6 Å². The highest BCUT2D eigenvalue weighted by molar-refractivity contribution is 5.08. The molecule has 1 fully saturated rings. The summed E-state index contributed by atoms with van der Waals surface area (Å²) >= 11 is 0. The van der Waals surface area contributed by atoms with Crippen LogP contribution < -0.4 is 0 Å². The van der Waals surface area contributed by atoms with Gasteiger partial charge in [-0.3, -0.25) is 4.68 Å². The molecule has 1 heterocycles. The van der Waals surface area contributed by atoms with E-state index in [9.17, 15) is 5.11 Å². The molecule has 4 heteroatoms. The number of hydrogen-bond acceptors (Lipinski definition) is 3. The number of ether oxygens (including phenoxy) is 1. The van der Waals surface area contributed by atoms with Crippen molar-refractivity contribution in [3.8, 4) is 0 Å². The highest BCUT2D eigenvalue weighted by Gasteiger charge is 2.38. The standard InChI is InChI=1S/C11H18N2O2/c1-3-15-11(8-4-5-8)10(14)9-6-7-12-13(9)2/h6-8,10-11,14H,3-5H2,1-2H3. The van der Waals surface area contributed by atoms with Gasteiger partial charge >= 0.3 is 0 Å². The van der Waals surface area contributed by atoms with E-state index in [0.29, 0.717) is 12.5 Å². The minimum absolute atomic E-state index is 0.0644. The van der Waals surface area contributed by atoms with Gasteiger partial charge in [-0.05, 0) is 31.7 Å². The van der Waals surface area contributed by atoms with Crippen molar-refractivity contribution >= 4 is 0 Å². The largest absolute Gasteiger partial charge is 0.384 e. The molecule has 1 aromatic heterocycles. The summed E-state index contributed by atoms with van der Waals surface area (Å²) in [5, 5.41) is 14.3. The molecular formula is C11H18N2O2. The Balaban J connectivity index is 2.10. The molecule has 2 atom stereocenters. The average molecular weight is 210 g/mol. The van der Waals surface area contributed by atoms with Gasteiger partial charge in [-0.15, -0.1) is 0 Å². The second-order valence-corrected chi connectivity index (χ2v) is 4.08. The van der Waals surface area contributed by atoms with Gasteiger partial charge in [0, 0.05) is 19.9 Å². The van der Waals surface area contributed by atoms with E-state index < -0.39 is 6.10 Å². The molecule has 1 aliphatic carbocycles. The fourth-order valence-electron chi connectivity index (χ4n) is 1.94. The number of rotatable bonds is 5. The Hall–Kier alpha value is -0.870. The van der Waals surface area contributed by atoms with E-state index in [1.165, 1.54) is 12.8 Å². The topological polar surface area (TPSA) is 47.3 Å². The van der Waals surface area contributed by atoms with Crippen LogP contribution in [0.15, 0.2) is 12.3 Å². The summed E-state index contributed by atoms with van der Waals surface area (Å²) in [4.78, 5) is 0. The van der Waals surface area contributed by atoms with Crippen LogP contribution >= 0.6 is 0 Å². The molecule has 15 heavy (non-hydrogen) atoms. The zero-order chi connectivity index (χ0) is 10.8. The lowest BCUT2D eigenvalue weighted by atomic mass is 10.1. The molecule has 0 spiro atoms. The van der Waals surface area contributed by atoms with E-state index in [1.807, 2.05) is 20.0 Å². The first-order chi connectivity index (χ1) is 7.24. The normalized spacial score (nSPS) is 20.2. The number of aromatic nitrogens is 2. The number of aliphatic hydroxyl groups excluding tert-OH is 1. The van der Waals surface area contributed by atoms with Gasteiger partial charge in [0.05, 0.1) is 11.8 Å². The lowest BCUT2D eigenvalue weighted by molar-refractivity contribution is -0.0492. The molecule has 84 valence electrons. The van der Waals surface area contributed by atoms with Gasteiger partial charge in [0.15, 0.2) is 0 Å². The quantitative estimate of drug-likeness (QED) is 0.796. The zero-order valence-corrected chi connectivity index (χ0v) is 9.26.